The van der Waals surface area contributed by atoms with Crippen LogP contribution in [0.3, 0.4) is 0 Å². The Bertz CT molecular complexity index is 1840. The van der Waals surface area contributed by atoms with Gasteiger partial charge < -0.3 is 15.4 Å². The minimum atomic E-state index is -0.103. The van der Waals surface area contributed by atoms with Gasteiger partial charge in [-0.05, 0) is 60.4 Å². The summed E-state index contributed by atoms with van der Waals surface area (Å²) in [7, 11) is 0. The molecule has 7 nitrogen and oxygen atoms in total. The zero-order chi connectivity index (χ0) is 28.6. The van der Waals surface area contributed by atoms with Crippen LogP contribution in [0.25, 0.3) is 22.2 Å². The van der Waals surface area contributed by atoms with E-state index in [0.717, 1.165) is 47.5 Å². The molecule has 2 unspecified atom stereocenters. The van der Waals surface area contributed by atoms with Gasteiger partial charge in [-0.25, -0.2) is 4.98 Å². The summed E-state index contributed by atoms with van der Waals surface area (Å²) in [5.74, 6) is 1.20. The highest BCUT2D eigenvalue weighted by Gasteiger charge is 2.26. The maximum Gasteiger partial charge on any atom is 0.260 e. The summed E-state index contributed by atoms with van der Waals surface area (Å²) in [5.41, 5.74) is 6.03. The van der Waals surface area contributed by atoms with Gasteiger partial charge in [0.1, 0.15) is 5.65 Å². The average molecular weight is 596 g/mol. The lowest BCUT2D eigenvalue weighted by molar-refractivity contribution is 0.0277. The molecular formula is C33H30ClN5O2S. The fourth-order valence-electron chi connectivity index (χ4n) is 5.72. The third kappa shape index (κ3) is 5.31. The summed E-state index contributed by atoms with van der Waals surface area (Å²) in [6.07, 6.45) is 2.58. The van der Waals surface area contributed by atoms with E-state index in [1.165, 1.54) is 10.5 Å². The Morgan fingerprint density at radius 2 is 1.93 bits per heavy atom. The number of ether oxygens (including phenoxy) is 1. The molecular weight excluding hydrogens is 566 g/mol. The topological polar surface area (TPSA) is 81.1 Å². The molecule has 0 amide bonds. The highest BCUT2D eigenvalue weighted by Crippen LogP contribution is 2.37. The lowest BCUT2D eigenvalue weighted by atomic mass is 10.0. The van der Waals surface area contributed by atoms with Gasteiger partial charge in [0.2, 0.25) is 5.95 Å². The second-order valence-electron chi connectivity index (χ2n) is 10.8. The van der Waals surface area contributed by atoms with Crippen LogP contribution in [-0.2, 0) is 11.2 Å². The molecule has 3 aromatic carbocycles. The van der Waals surface area contributed by atoms with Crippen LogP contribution < -0.4 is 16.2 Å². The first kappa shape index (κ1) is 27.2. The van der Waals surface area contributed by atoms with Gasteiger partial charge in [0.05, 0.1) is 18.8 Å². The SMILES string of the molecule is Cc1ccc(-c2cc3cnc(Nc4ccc(C5CNCCO5)cc4)nc3n(C3CSc4ccccc4C3)c2=O)c(Cl)c1. The monoisotopic (exact) mass is 595 g/mol. The Morgan fingerprint density at radius 1 is 1.07 bits per heavy atom. The van der Waals surface area contributed by atoms with Crippen LogP contribution in [0.1, 0.15) is 28.8 Å². The number of anilines is 2. The van der Waals surface area contributed by atoms with Crippen molar-refractivity contribution >= 4 is 46.0 Å². The zero-order valence-corrected chi connectivity index (χ0v) is 24.7. The van der Waals surface area contributed by atoms with E-state index in [4.69, 9.17) is 21.3 Å². The van der Waals surface area contributed by atoms with Crippen molar-refractivity contribution in [2.75, 3.05) is 30.8 Å². The summed E-state index contributed by atoms with van der Waals surface area (Å²) >= 11 is 8.44. The second kappa shape index (κ2) is 11.5. The number of fused-ring (bicyclic) bond motifs is 2. The molecule has 5 aromatic rings. The van der Waals surface area contributed by atoms with Gasteiger partial charge in [-0.1, -0.05) is 54.1 Å². The van der Waals surface area contributed by atoms with Crippen molar-refractivity contribution in [2.24, 2.45) is 0 Å². The molecule has 1 saturated heterocycles. The van der Waals surface area contributed by atoms with Crippen molar-refractivity contribution in [2.45, 2.75) is 30.4 Å². The van der Waals surface area contributed by atoms with Crippen LogP contribution >= 0.6 is 23.4 Å². The van der Waals surface area contributed by atoms with E-state index in [-0.39, 0.29) is 17.7 Å². The molecule has 0 saturated carbocycles. The number of halogens is 1. The lowest BCUT2D eigenvalue weighted by Crippen LogP contribution is -2.33. The normalized spacial score (nSPS) is 18.5. The molecule has 2 atom stereocenters. The summed E-state index contributed by atoms with van der Waals surface area (Å²) in [4.78, 5) is 25.1. The van der Waals surface area contributed by atoms with Crippen molar-refractivity contribution in [3.8, 4) is 11.1 Å². The van der Waals surface area contributed by atoms with Crippen LogP contribution in [-0.4, -0.2) is 40.0 Å². The van der Waals surface area contributed by atoms with Gasteiger partial charge in [0.25, 0.3) is 5.56 Å². The number of hydrogen-bond acceptors (Lipinski definition) is 7. The molecule has 0 bridgehead atoms. The Hall–Kier alpha value is -3.69. The number of nitrogens with one attached hydrogen (secondary N) is 2. The number of nitrogens with zero attached hydrogens (tertiary/aromatic N) is 3. The maximum atomic E-state index is 14.3. The molecule has 7 rings (SSSR count). The first-order chi connectivity index (χ1) is 20.5. The van der Waals surface area contributed by atoms with Crippen LogP contribution in [0.2, 0.25) is 5.02 Å². The Morgan fingerprint density at radius 3 is 2.74 bits per heavy atom. The highest BCUT2D eigenvalue weighted by atomic mass is 35.5. The number of pyridine rings is 1. The minimum Gasteiger partial charge on any atom is -0.371 e. The van der Waals surface area contributed by atoms with Crippen molar-refractivity contribution in [3.05, 3.63) is 111 Å². The molecule has 2 aromatic heterocycles. The van der Waals surface area contributed by atoms with Gasteiger partial charge in [0, 0.05) is 57.2 Å². The molecule has 42 heavy (non-hydrogen) atoms. The largest absolute Gasteiger partial charge is 0.371 e. The molecule has 2 aliphatic rings. The van der Waals surface area contributed by atoms with Crippen LogP contribution in [0.4, 0.5) is 11.6 Å². The summed E-state index contributed by atoms with van der Waals surface area (Å²) < 4.78 is 7.73. The fraction of sp³-hybridized carbons (Fsp3) is 0.242. The standard InChI is InChI=1S/C33H30ClN5O2S/c1-20-6-11-26(28(34)14-20)27-16-23-17-36-33(37-24-9-7-21(8-10-24)29-18-35-12-13-41-29)38-31(23)39(32(27)40)25-15-22-4-2-3-5-30(22)42-19-25/h2-11,14,16-17,25,29,35H,12-13,15,18-19H2,1H3,(H,36,37,38). The molecule has 0 spiro atoms. The summed E-state index contributed by atoms with van der Waals surface area (Å²) in [5, 5.41) is 8.04. The van der Waals surface area contributed by atoms with Crippen molar-refractivity contribution < 1.29 is 4.74 Å². The van der Waals surface area contributed by atoms with E-state index in [0.29, 0.717) is 34.4 Å². The van der Waals surface area contributed by atoms with Gasteiger partial charge in [-0.15, -0.1) is 11.8 Å². The van der Waals surface area contributed by atoms with Gasteiger partial charge in [-0.3, -0.25) is 9.36 Å². The van der Waals surface area contributed by atoms with Crippen molar-refractivity contribution in [3.63, 3.8) is 0 Å². The van der Waals surface area contributed by atoms with Crippen LogP contribution in [0.5, 0.6) is 0 Å². The molecule has 212 valence electrons. The number of benzene rings is 3. The number of thioether (sulfide) groups is 1. The summed E-state index contributed by atoms with van der Waals surface area (Å²) in [6, 6.07) is 24.1. The van der Waals surface area contributed by atoms with E-state index < -0.39 is 0 Å². The van der Waals surface area contributed by atoms with Crippen LogP contribution in [0, 0.1) is 6.92 Å². The molecule has 0 radical (unpaired) electrons. The van der Waals surface area contributed by atoms with E-state index in [2.05, 4.69) is 52.0 Å². The average Bonchev–Trinajstić information content (AvgIpc) is 3.02. The third-order valence-corrected chi connectivity index (χ3v) is 9.45. The number of morpholine rings is 1. The van der Waals surface area contributed by atoms with Crippen molar-refractivity contribution in [1.29, 1.82) is 0 Å². The Labute approximate surface area is 253 Å². The fourth-order valence-corrected chi connectivity index (χ4v) is 7.21. The molecule has 2 aliphatic heterocycles. The third-order valence-electron chi connectivity index (χ3n) is 7.88. The molecule has 4 heterocycles. The smallest absolute Gasteiger partial charge is 0.260 e. The lowest BCUT2D eigenvalue weighted by Gasteiger charge is -2.27. The van der Waals surface area contributed by atoms with E-state index in [9.17, 15) is 4.79 Å². The number of rotatable bonds is 5. The molecule has 1 fully saturated rings. The van der Waals surface area contributed by atoms with Crippen molar-refractivity contribution in [1.82, 2.24) is 19.9 Å². The van der Waals surface area contributed by atoms with E-state index >= 15 is 0 Å². The molecule has 9 heteroatoms. The quantitative estimate of drug-likeness (QED) is 0.234. The zero-order valence-electron chi connectivity index (χ0n) is 23.1. The number of hydrogen-bond donors (Lipinski definition) is 2. The highest BCUT2D eigenvalue weighted by molar-refractivity contribution is 7.99. The predicted octanol–water partition coefficient (Wildman–Crippen LogP) is 6.71. The molecule has 0 aliphatic carbocycles. The maximum absolute atomic E-state index is 14.3. The number of aryl methyl sites for hydroxylation is 1. The summed E-state index contributed by atoms with van der Waals surface area (Å²) in [6.45, 7) is 4.38. The van der Waals surface area contributed by atoms with Gasteiger partial charge >= 0.3 is 0 Å². The van der Waals surface area contributed by atoms with E-state index in [1.54, 1.807) is 18.0 Å². The van der Waals surface area contributed by atoms with Crippen LogP contribution in [0.15, 0.2) is 88.7 Å². The van der Waals surface area contributed by atoms with E-state index in [1.807, 2.05) is 47.9 Å². The number of aromatic nitrogens is 3. The Balaban J connectivity index is 1.29. The first-order valence-electron chi connectivity index (χ1n) is 14.1. The van der Waals surface area contributed by atoms with Gasteiger partial charge in [0.15, 0.2) is 0 Å². The predicted molar refractivity (Wildman–Crippen MR) is 170 cm³/mol. The Kier molecular flexibility index (Phi) is 7.46. The first-order valence-corrected chi connectivity index (χ1v) is 15.5. The minimum absolute atomic E-state index is 0.0499. The second-order valence-corrected chi connectivity index (χ2v) is 12.2. The van der Waals surface area contributed by atoms with Gasteiger partial charge in [-0.2, -0.15) is 4.98 Å². The molecule has 2 N–H and O–H groups in total.